The Labute approximate surface area is 130 Å². The number of Topliss-reactive ketones (excluding diaryl/α,β-unsaturated/α-hetero) is 1. The molecule has 1 fully saturated rings. The van der Waals surface area contributed by atoms with Crippen LogP contribution in [0.15, 0.2) is 42.5 Å². The van der Waals surface area contributed by atoms with E-state index >= 15 is 0 Å². The molecule has 0 aliphatic carbocycles. The number of rotatable bonds is 5. The summed E-state index contributed by atoms with van der Waals surface area (Å²) in [5.41, 5.74) is 0.751. The Kier molecular flexibility index (Phi) is 4.52. The summed E-state index contributed by atoms with van der Waals surface area (Å²) in [6.07, 6.45) is 0. The number of ether oxygens (including phenoxy) is 1. The molecular weight excluding hydrogens is 278 g/mol. The third kappa shape index (κ3) is 3.19. The van der Waals surface area contributed by atoms with E-state index in [0.29, 0.717) is 30.8 Å². The summed E-state index contributed by atoms with van der Waals surface area (Å²) in [6.45, 7) is 4.05. The summed E-state index contributed by atoms with van der Waals surface area (Å²) in [5, 5.41) is 11.6. The molecule has 1 heterocycles. The zero-order valence-corrected chi connectivity index (χ0v) is 12.7. The fraction of sp³-hybridized carbons (Fsp3) is 0.389. The zero-order chi connectivity index (χ0) is 15.4. The van der Waals surface area contributed by atoms with Gasteiger partial charge < -0.3 is 14.3 Å². The van der Waals surface area contributed by atoms with Crippen LogP contribution in [-0.2, 0) is 4.74 Å². The Hall–Kier alpha value is -1.75. The van der Waals surface area contributed by atoms with E-state index in [1.54, 1.807) is 0 Å². The average Bonchev–Trinajstić information content (AvgIpc) is 2.55. The van der Waals surface area contributed by atoms with E-state index in [1.165, 1.54) is 0 Å². The lowest BCUT2D eigenvalue weighted by Crippen LogP contribution is -2.58. The van der Waals surface area contributed by atoms with Gasteiger partial charge in [-0.3, -0.25) is 4.79 Å². The maximum absolute atomic E-state index is 12.7. The number of quaternary nitrogens is 1. The molecule has 2 aromatic rings. The van der Waals surface area contributed by atoms with E-state index in [9.17, 15) is 9.90 Å². The summed E-state index contributed by atoms with van der Waals surface area (Å²) in [5.74, 6) is 0.140. The molecule has 0 unspecified atom stereocenters. The molecular formula is C18H22NO3+. The summed E-state index contributed by atoms with van der Waals surface area (Å²) >= 11 is 0. The van der Waals surface area contributed by atoms with E-state index in [0.717, 1.165) is 29.4 Å². The number of hydrogen-bond donors (Lipinski definition) is 1. The number of ketones is 1. The van der Waals surface area contributed by atoms with Crippen LogP contribution in [-0.4, -0.2) is 61.4 Å². The predicted octanol–water partition coefficient (Wildman–Crippen LogP) is 1.86. The summed E-state index contributed by atoms with van der Waals surface area (Å²) in [7, 11) is 0. The number of hydrogen-bond acceptors (Lipinski definition) is 3. The minimum atomic E-state index is 0.102. The van der Waals surface area contributed by atoms with Crippen molar-refractivity contribution in [1.82, 2.24) is 0 Å². The van der Waals surface area contributed by atoms with Crippen LogP contribution in [0.2, 0.25) is 0 Å². The second-order valence-electron chi connectivity index (χ2n) is 5.99. The van der Waals surface area contributed by atoms with Gasteiger partial charge in [-0.1, -0.05) is 36.4 Å². The highest BCUT2D eigenvalue weighted by Crippen LogP contribution is 2.18. The maximum Gasteiger partial charge on any atom is 0.216 e. The zero-order valence-electron chi connectivity index (χ0n) is 12.7. The number of carbonyl (C=O) groups excluding carboxylic acids is 1. The highest BCUT2D eigenvalue weighted by molar-refractivity contribution is 6.00. The van der Waals surface area contributed by atoms with E-state index in [4.69, 9.17) is 4.74 Å². The maximum atomic E-state index is 12.7. The number of aliphatic hydroxyl groups is 1. The molecule has 1 aliphatic rings. The molecule has 4 nitrogen and oxygen atoms in total. The van der Waals surface area contributed by atoms with Gasteiger partial charge in [0.2, 0.25) is 5.78 Å². The Morgan fingerprint density at radius 2 is 1.82 bits per heavy atom. The fourth-order valence-electron chi connectivity index (χ4n) is 3.16. The SMILES string of the molecule is O=C(C[N+]1(CCO)CCOCC1)c1ccc2ccccc2c1. The van der Waals surface area contributed by atoms with E-state index in [2.05, 4.69) is 0 Å². The van der Waals surface area contributed by atoms with Crippen LogP contribution in [0.5, 0.6) is 0 Å². The number of carbonyl (C=O) groups is 1. The summed E-state index contributed by atoms with van der Waals surface area (Å²) < 4.78 is 6.03. The van der Waals surface area contributed by atoms with Crippen LogP contribution in [0.25, 0.3) is 10.8 Å². The van der Waals surface area contributed by atoms with Crippen LogP contribution in [0.3, 0.4) is 0 Å². The first-order chi connectivity index (χ1) is 10.7. The van der Waals surface area contributed by atoms with Crippen molar-refractivity contribution in [3.63, 3.8) is 0 Å². The molecule has 1 aliphatic heterocycles. The number of benzene rings is 2. The Bertz CT molecular complexity index is 657. The van der Waals surface area contributed by atoms with Crippen LogP contribution >= 0.6 is 0 Å². The first kappa shape index (κ1) is 15.2. The van der Waals surface area contributed by atoms with Crippen LogP contribution < -0.4 is 0 Å². The number of nitrogens with zero attached hydrogens (tertiary/aromatic N) is 1. The van der Waals surface area contributed by atoms with Crippen molar-refractivity contribution in [2.24, 2.45) is 0 Å². The normalized spacial score (nSPS) is 17.5. The van der Waals surface area contributed by atoms with Gasteiger partial charge in [-0.25, -0.2) is 0 Å². The Morgan fingerprint density at radius 1 is 1.09 bits per heavy atom. The number of fused-ring (bicyclic) bond motifs is 1. The minimum Gasteiger partial charge on any atom is -0.391 e. The largest absolute Gasteiger partial charge is 0.391 e. The van der Waals surface area contributed by atoms with Crippen molar-refractivity contribution in [1.29, 1.82) is 0 Å². The third-order valence-corrected chi connectivity index (χ3v) is 4.54. The molecule has 2 aromatic carbocycles. The van der Waals surface area contributed by atoms with Gasteiger partial charge in [-0.2, -0.15) is 0 Å². The molecule has 116 valence electrons. The molecule has 0 aromatic heterocycles. The fourth-order valence-corrected chi connectivity index (χ4v) is 3.16. The molecule has 1 N–H and O–H groups in total. The highest BCUT2D eigenvalue weighted by Gasteiger charge is 2.32. The van der Waals surface area contributed by atoms with Gasteiger partial charge in [0.15, 0.2) is 0 Å². The molecule has 0 atom stereocenters. The third-order valence-electron chi connectivity index (χ3n) is 4.54. The lowest BCUT2D eigenvalue weighted by Gasteiger charge is -2.40. The monoisotopic (exact) mass is 300 g/mol. The van der Waals surface area contributed by atoms with Crippen molar-refractivity contribution in [2.75, 3.05) is 46.0 Å². The summed E-state index contributed by atoms with van der Waals surface area (Å²) in [6, 6.07) is 13.9. The van der Waals surface area contributed by atoms with Crippen molar-refractivity contribution in [3.05, 3.63) is 48.0 Å². The molecule has 0 bridgehead atoms. The van der Waals surface area contributed by atoms with Crippen LogP contribution in [0, 0.1) is 0 Å². The van der Waals surface area contributed by atoms with Gasteiger partial charge in [0.05, 0.1) is 19.8 Å². The van der Waals surface area contributed by atoms with Crippen molar-refractivity contribution < 1.29 is 19.1 Å². The Morgan fingerprint density at radius 3 is 2.55 bits per heavy atom. The molecule has 0 spiro atoms. The second-order valence-corrected chi connectivity index (χ2v) is 5.99. The molecule has 0 saturated carbocycles. The van der Waals surface area contributed by atoms with Gasteiger partial charge in [0, 0.05) is 5.56 Å². The quantitative estimate of drug-likeness (QED) is 0.677. The van der Waals surface area contributed by atoms with Crippen molar-refractivity contribution in [3.8, 4) is 0 Å². The first-order valence-electron chi connectivity index (χ1n) is 7.78. The van der Waals surface area contributed by atoms with E-state index in [-0.39, 0.29) is 12.4 Å². The average molecular weight is 300 g/mol. The highest BCUT2D eigenvalue weighted by atomic mass is 16.5. The van der Waals surface area contributed by atoms with Crippen LogP contribution in [0.1, 0.15) is 10.4 Å². The summed E-state index contributed by atoms with van der Waals surface area (Å²) in [4.78, 5) is 12.7. The molecule has 3 rings (SSSR count). The van der Waals surface area contributed by atoms with Crippen molar-refractivity contribution in [2.45, 2.75) is 0 Å². The first-order valence-corrected chi connectivity index (χ1v) is 7.78. The molecule has 22 heavy (non-hydrogen) atoms. The lowest BCUT2D eigenvalue weighted by atomic mass is 10.0. The second kappa shape index (κ2) is 6.57. The molecule has 0 amide bonds. The standard InChI is InChI=1S/C18H22NO3/c20-10-7-19(8-11-22-12-9-19)14-18(21)17-6-5-15-3-1-2-4-16(15)13-17/h1-6,13,20H,7-12,14H2/q+1. The Balaban J connectivity index is 1.81. The van der Waals surface area contributed by atoms with Crippen molar-refractivity contribution >= 4 is 16.6 Å². The topological polar surface area (TPSA) is 46.5 Å². The van der Waals surface area contributed by atoms with Gasteiger partial charge in [-0.05, 0) is 16.8 Å². The minimum absolute atomic E-state index is 0.102. The smallest absolute Gasteiger partial charge is 0.216 e. The van der Waals surface area contributed by atoms with Gasteiger partial charge in [0.1, 0.15) is 26.2 Å². The van der Waals surface area contributed by atoms with Gasteiger partial charge >= 0.3 is 0 Å². The number of morpholine rings is 1. The van der Waals surface area contributed by atoms with Crippen LogP contribution in [0.4, 0.5) is 0 Å². The van der Waals surface area contributed by atoms with Gasteiger partial charge in [0.25, 0.3) is 0 Å². The molecule has 0 radical (unpaired) electrons. The van der Waals surface area contributed by atoms with E-state index in [1.807, 2.05) is 42.5 Å². The molecule has 1 saturated heterocycles. The predicted molar refractivity (Wildman–Crippen MR) is 85.9 cm³/mol. The lowest BCUT2D eigenvalue weighted by molar-refractivity contribution is -0.927. The molecule has 4 heteroatoms. The number of aliphatic hydroxyl groups excluding tert-OH is 1. The van der Waals surface area contributed by atoms with E-state index < -0.39 is 0 Å². The van der Waals surface area contributed by atoms with Gasteiger partial charge in [-0.15, -0.1) is 0 Å².